The molecule has 0 aliphatic heterocycles. The number of hydrogen-bond acceptors (Lipinski definition) is 4. The molecule has 7 nitrogen and oxygen atoms in total. The first-order valence-electron chi connectivity index (χ1n) is 12.8. The predicted octanol–water partition coefficient (Wildman–Crippen LogP) is 6.99. The molecule has 0 aliphatic rings. The molecule has 220 valence electrons. The molecule has 0 heterocycles. The lowest BCUT2D eigenvalue weighted by Crippen LogP contribution is -2.51. The van der Waals surface area contributed by atoms with Crippen LogP contribution in [0, 0.1) is 12.8 Å². The van der Waals surface area contributed by atoms with E-state index in [2.05, 4.69) is 5.32 Å². The monoisotopic (exact) mass is 657 g/mol. The summed E-state index contributed by atoms with van der Waals surface area (Å²) >= 11 is 25.1. The van der Waals surface area contributed by atoms with Gasteiger partial charge in [-0.1, -0.05) is 84.0 Å². The van der Waals surface area contributed by atoms with E-state index in [1.165, 1.54) is 35.2 Å². The number of carbonyl (C=O) groups excluding carboxylic acids is 2. The number of rotatable bonds is 11. The Hall–Kier alpha value is -2.49. The Bertz CT molecular complexity index is 1490. The lowest BCUT2D eigenvalue weighted by atomic mass is 10.1. The van der Waals surface area contributed by atoms with Gasteiger partial charge in [0, 0.05) is 28.7 Å². The lowest BCUT2D eigenvalue weighted by molar-refractivity contribution is -0.139. The topological polar surface area (TPSA) is 86.8 Å². The normalized spacial score (nSPS) is 12.2. The third kappa shape index (κ3) is 8.30. The van der Waals surface area contributed by atoms with Gasteiger partial charge in [0.15, 0.2) is 0 Å². The van der Waals surface area contributed by atoms with E-state index < -0.39 is 34.4 Å². The molecule has 3 aromatic rings. The van der Waals surface area contributed by atoms with Gasteiger partial charge in [0.25, 0.3) is 10.0 Å². The fraction of sp³-hybridized carbons (Fsp3) is 0.310. The van der Waals surface area contributed by atoms with Crippen molar-refractivity contribution in [3.05, 3.63) is 91.9 Å². The molecular formula is C29H31Cl4N3O4S. The standard InChI is InChI=1S/C29H31Cl4N3O4S/c1-18(2)15-34-29(38)20(4)35(16-23-24(30)6-5-7-25(23)31)28(37)17-36(21-10-13-26(32)27(33)14-21)41(39,40)22-11-8-19(3)9-12-22/h5-14,18,20H,15-17H2,1-4H3,(H,34,38). The maximum Gasteiger partial charge on any atom is 0.264 e. The maximum absolute atomic E-state index is 14.0. The van der Waals surface area contributed by atoms with Crippen LogP contribution in [0.25, 0.3) is 0 Å². The SMILES string of the molecule is Cc1ccc(S(=O)(=O)N(CC(=O)N(Cc2c(Cl)cccc2Cl)C(C)C(=O)NCC(C)C)c2ccc(Cl)c(Cl)c2)cc1. The third-order valence-electron chi connectivity index (χ3n) is 6.32. The molecule has 0 aromatic heterocycles. The molecule has 12 heteroatoms. The van der Waals surface area contributed by atoms with Gasteiger partial charge < -0.3 is 10.2 Å². The largest absolute Gasteiger partial charge is 0.354 e. The van der Waals surface area contributed by atoms with Gasteiger partial charge in [0.05, 0.1) is 20.6 Å². The van der Waals surface area contributed by atoms with E-state index in [0.717, 1.165) is 9.87 Å². The minimum atomic E-state index is -4.25. The Morgan fingerprint density at radius 1 is 0.854 bits per heavy atom. The first-order chi connectivity index (χ1) is 19.2. The van der Waals surface area contributed by atoms with Crippen molar-refractivity contribution in [2.75, 3.05) is 17.4 Å². The summed E-state index contributed by atoms with van der Waals surface area (Å²) in [5.41, 5.74) is 1.42. The van der Waals surface area contributed by atoms with E-state index in [1.54, 1.807) is 37.3 Å². The van der Waals surface area contributed by atoms with E-state index in [0.29, 0.717) is 22.2 Å². The number of nitrogens with one attached hydrogen (secondary N) is 1. The molecule has 0 radical (unpaired) electrons. The van der Waals surface area contributed by atoms with Crippen molar-refractivity contribution in [1.29, 1.82) is 0 Å². The van der Waals surface area contributed by atoms with Gasteiger partial charge >= 0.3 is 0 Å². The molecule has 1 N–H and O–H groups in total. The van der Waals surface area contributed by atoms with Gasteiger partial charge in [-0.05, 0) is 62.2 Å². The number of carbonyl (C=O) groups is 2. The Morgan fingerprint density at radius 3 is 2.02 bits per heavy atom. The molecule has 0 bridgehead atoms. The van der Waals surface area contributed by atoms with Crippen LogP contribution >= 0.6 is 46.4 Å². The van der Waals surface area contributed by atoms with Crippen LogP contribution in [0.5, 0.6) is 0 Å². The highest BCUT2D eigenvalue weighted by Crippen LogP contribution is 2.32. The lowest BCUT2D eigenvalue weighted by Gasteiger charge is -2.32. The fourth-order valence-electron chi connectivity index (χ4n) is 3.90. The quantitative estimate of drug-likeness (QED) is 0.241. The molecule has 3 rings (SSSR count). The van der Waals surface area contributed by atoms with Crippen LogP contribution in [0.4, 0.5) is 5.69 Å². The second-order valence-electron chi connectivity index (χ2n) is 9.96. The van der Waals surface area contributed by atoms with Crippen molar-refractivity contribution in [2.45, 2.75) is 45.2 Å². The molecule has 0 saturated carbocycles. The van der Waals surface area contributed by atoms with Crippen molar-refractivity contribution in [3.63, 3.8) is 0 Å². The minimum Gasteiger partial charge on any atom is -0.354 e. The molecule has 1 atom stereocenters. The van der Waals surface area contributed by atoms with Crippen LogP contribution in [0.2, 0.25) is 20.1 Å². The van der Waals surface area contributed by atoms with E-state index in [1.807, 2.05) is 20.8 Å². The van der Waals surface area contributed by atoms with Gasteiger partial charge in [-0.2, -0.15) is 0 Å². The summed E-state index contributed by atoms with van der Waals surface area (Å²) in [5, 5.41) is 3.77. The summed E-state index contributed by atoms with van der Waals surface area (Å²) in [7, 11) is -4.25. The second kappa shape index (κ2) is 14.1. The predicted molar refractivity (Wildman–Crippen MR) is 166 cm³/mol. The maximum atomic E-state index is 14.0. The summed E-state index contributed by atoms with van der Waals surface area (Å²) in [5.74, 6) is -0.884. The van der Waals surface area contributed by atoms with Crippen LogP contribution < -0.4 is 9.62 Å². The van der Waals surface area contributed by atoms with Crippen molar-refractivity contribution in [1.82, 2.24) is 10.2 Å². The summed E-state index contributed by atoms with van der Waals surface area (Å²) in [6, 6.07) is 14.5. The highest BCUT2D eigenvalue weighted by Gasteiger charge is 2.33. The molecule has 0 fully saturated rings. The number of nitrogens with zero attached hydrogens (tertiary/aromatic N) is 2. The molecule has 0 saturated heterocycles. The fourth-order valence-corrected chi connectivity index (χ4v) is 6.11. The zero-order chi connectivity index (χ0) is 30.5. The van der Waals surface area contributed by atoms with Crippen molar-refractivity contribution < 1.29 is 18.0 Å². The Balaban J connectivity index is 2.08. The van der Waals surface area contributed by atoms with Gasteiger partial charge in [0.2, 0.25) is 11.8 Å². The first-order valence-corrected chi connectivity index (χ1v) is 15.7. The van der Waals surface area contributed by atoms with Crippen molar-refractivity contribution in [2.24, 2.45) is 5.92 Å². The molecule has 41 heavy (non-hydrogen) atoms. The summed E-state index contributed by atoms with van der Waals surface area (Å²) in [4.78, 5) is 28.4. The number of benzene rings is 3. The Labute approximate surface area is 261 Å². The number of aryl methyl sites for hydroxylation is 1. The number of amides is 2. The van der Waals surface area contributed by atoms with E-state index in [4.69, 9.17) is 46.4 Å². The molecule has 1 unspecified atom stereocenters. The van der Waals surface area contributed by atoms with Crippen LogP contribution in [0.3, 0.4) is 0 Å². The average molecular weight is 659 g/mol. The highest BCUT2D eigenvalue weighted by atomic mass is 35.5. The summed E-state index contributed by atoms with van der Waals surface area (Å²) < 4.78 is 28.8. The van der Waals surface area contributed by atoms with E-state index in [9.17, 15) is 18.0 Å². The molecule has 3 aromatic carbocycles. The average Bonchev–Trinajstić information content (AvgIpc) is 2.91. The minimum absolute atomic E-state index is 0.0228. The number of sulfonamides is 1. The van der Waals surface area contributed by atoms with Crippen LogP contribution in [-0.4, -0.2) is 44.3 Å². The van der Waals surface area contributed by atoms with Crippen LogP contribution in [0.15, 0.2) is 65.6 Å². The van der Waals surface area contributed by atoms with Gasteiger partial charge in [-0.25, -0.2) is 8.42 Å². The third-order valence-corrected chi connectivity index (χ3v) is 9.56. The number of anilines is 1. The Kier molecular flexibility index (Phi) is 11.4. The van der Waals surface area contributed by atoms with Crippen LogP contribution in [-0.2, 0) is 26.2 Å². The molecule has 0 spiro atoms. The zero-order valence-corrected chi connectivity index (χ0v) is 26.8. The van der Waals surface area contributed by atoms with Gasteiger partial charge in [0.1, 0.15) is 12.6 Å². The van der Waals surface area contributed by atoms with Crippen molar-refractivity contribution >= 4 is 73.9 Å². The van der Waals surface area contributed by atoms with Gasteiger partial charge in [-0.15, -0.1) is 0 Å². The zero-order valence-electron chi connectivity index (χ0n) is 23.0. The highest BCUT2D eigenvalue weighted by molar-refractivity contribution is 7.92. The molecular weight excluding hydrogens is 628 g/mol. The number of hydrogen-bond donors (Lipinski definition) is 1. The van der Waals surface area contributed by atoms with E-state index >= 15 is 0 Å². The molecule has 0 aliphatic carbocycles. The van der Waals surface area contributed by atoms with Gasteiger partial charge in [-0.3, -0.25) is 13.9 Å². The van der Waals surface area contributed by atoms with E-state index in [-0.39, 0.29) is 33.1 Å². The summed E-state index contributed by atoms with van der Waals surface area (Å²) in [6.45, 7) is 6.92. The van der Waals surface area contributed by atoms with Crippen molar-refractivity contribution in [3.8, 4) is 0 Å². The molecule has 2 amide bonds. The first kappa shape index (κ1) is 33.0. The Morgan fingerprint density at radius 2 is 1.46 bits per heavy atom. The number of halogens is 4. The second-order valence-corrected chi connectivity index (χ2v) is 13.5. The summed E-state index contributed by atoms with van der Waals surface area (Å²) in [6.07, 6.45) is 0. The smallest absolute Gasteiger partial charge is 0.264 e. The van der Waals surface area contributed by atoms with Crippen LogP contribution in [0.1, 0.15) is 31.9 Å².